The summed E-state index contributed by atoms with van der Waals surface area (Å²) < 4.78 is 5.64. The number of aliphatic imine (C=N–C) groups is 1. The number of hydrogen-bond donors (Lipinski definition) is 3. The van der Waals surface area contributed by atoms with Crippen LogP contribution in [-0.4, -0.2) is 36.8 Å². The first kappa shape index (κ1) is 18.0. The van der Waals surface area contributed by atoms with Crippen molar-refractivity contribution >= 4 is 5.96 Å². The van der Waals surface area contributed by atoms with Crippen LogP contribution in [0.25, 0.3) is 0 Å². The number of nitrogens with zero attached hydrogens (tertiary/aromatic N) is 1. The predicted molar refractivity (Wildman–Crippen MR) is 91.3 cm³/mol. The molecule has 1 rings (SSSR count). The van der Waals surface area contributed by atoms with E-state index in [2.05, 4.69) is 22.2 Å². The van der Waals surface area contributed by atoms with E-state index in [0.29, 0.717) is 12.5 Å². The highest BCUT2D eigenvalue weighted by Gasteiger charge is 2.09. The fourth-order valence-corrected chi connectivity index (χ4v) is 1.86. The maximum absolute atomic E-state index is 10.3. The van der Waals surface area contributed by atoms with Crippen molar-refractivity contribution < 1.29 is 9.84 Å². The van der Waals surface area contributed by atoms with Gasteiger partial charge in [-0.05, 0) is 38.5 Å². The number of nitrogens with one attached hydrogen (secondary N) is 2. The summed E-state index contributed by atoms with van der Waals surface area (Å²) in [5.41, 5.74) is 0.793. The second-order valence-electron chi connectivity index (χ2n) is 5.14. The average Bonchev–Trinajstić information content (AvgIpc) is 2.49. The summed E-state index contributed by atoms with van der Waals surface area (Å²) in [5.74, 6) is 1.42. The van der Waals surface area contributed by atoms with Gasteiger partial charge in [-0.25, -0.2) is 0 Å². The molecule has 0 heterocycles. The summed E-state index contributed by atoms with van der Waals surface area (Å²) in [7, 11) is 0. The maximum atomic E-state index is 10.3. The van der Waals surface area contributed by atoms with Gasteiger partial charge in [0.25, 0.3) is 0 Å². The molecule has 0 aliphatic rings. The lowest BCUT2D eigenvalue weighted by Crippen LogP contribution is -2.37. The monoisotopic (exact) mass is 305 g/mol. The van der Waals surface area contributed by atoms with Crippen molar-refractivity contribution in [3.05, 3.63) is 42.5 Å². The summed E-state index contributed by atoms with van der Waals surface area (Å²) in [6.45, 7) is 11.3. The number of aliphatic hydroxyl groups is 1. The van der Waals surface area contributed by atoms with Crippen molar-refractivity contribution in [2.75, 3.05) is 19.6 Å². The van der Waals surface area contributed by atoms with E-state index >= 15 is 0 Å². The fraction of sp³-hybridized carbons (Fsp3) is 0.471. The third kappa shape index (κ3) is 6.63. The topological polar surface area (TPSA) is 65.9 Å². The van der Waals surface area contributed by atoms with Crippen LogP contribution in [0.1, 0.15) is 32.4 Å². The quantitative estimate of drug-likeness (QED) is 0.391. The van der Waals surface area contributed by atoms with E-state index in [1.165, 1.54) is 0 Å². The van der Waals surface area contributed by atoms with Gasteiger partial charge < -0.3 is 20.5 Å². The van der Waals surface area contributed by atoms with E-state index in [1.807, 2.05) is 45.0 Å². The molecule has 1 atom stereocenters. The number of rotatable bonds is 8. The van der Waals surface area contributed by atoms with Crippen molar-refractivity contribution in [2.24, 2.45) is 4.99 Å². The second-order valence-corrected chi connectivity index (χ2v) is 5.14. The first-order valence-electron chi connectivity index (χ1n) is 7.64. The Morgan fingerprint density at radius 3 is 2.82 bits per heavy atom. The van der Waals surface area contributed by atoms with Gasteiger partial charge in [0, 0.05) is 13.1 Å². The Bertz CT molecular complexity index is 487. The lowest BCUT2D eigenvalue weighted by Gasteiger charge is -2.14. The summed E-state index contributed by atoms with van der Waals surface area (Å²) in [6.07, 6.45) is 1.19. The molecule has 122 valence electrons. The fourth-order valence-electron chi connectivity index (χ4n) is 1.86. The molecule has 0 fully saturated rings. The number of hydrogen-bond acceptors (Lipinski definition) is 3. The summed E-state index contributed by atoms with van der Waals surface area (Å²) >= 11 is 0. The molecule has 0 spiro atoms. The van der Waals surface area contributed by atoms with Gasteiger partial charge in [-0.1, -0.05) is 18.2 Å². The van der Waals surface area contributed by atoms with Crippen LogP contribution in [0, 0.1) is 0 Å². The van der Waals surface area contributed by atoms with E-state index in [1.54, 1.807) is 6.08 Å². The van der Waals surface area contributed by atoms with E-state index < -0.39 is 6.10 Å². The van der Waals surface area contributed by atoms with Gasteiger partial charge in [0.2, 0.25) is 0 Å². The van der Waals surface area contributed by atoms with Crippen LogP contribution in [0.2, 0.25) is 0 Å². The molecule has 5 nitrogen and oxygen atoms in total. The summed E-state index contributed by atoms with van der Waals surface area (Å²) in [4.78, 5) is 4.37. The molecule has 0 aromatic heterocycles. The molecule has 0 aliphatic carbocycles. The third-order valence-electron chi connectivity index (χ3n) is 2.80. The smallest absolute Gasteiger partial charge is 0.191 e. The highest BCUT2D eigenvalue weighted by atomic mass is 16.5. The number of aliphatic hydroxyl groups excluding tert-OH is 1. The number of ether oxygens (including phenoxy) is 1. The van der Waals surface area contributed by atoms with Gasteiger partial charge in [0.15, 0.2) is 5.96 Å². The molecule has 1 unspecified atom stereocenters. The Morgan fingerprint density at radius 1 is 1.41 bits per heavy atom. The zero-order valence-electron chi connectivity index (χ0n) is 13.7. The van der Waals surface area contributed by atoms with Gasteiger partial charge in [-0.2, -0.15) is 0 Å². The molecule has 1 aromatic rings. The predicted octanol–water partition coefficient (Wildman–Crippen LogP) is 2.25. The molecule has 5 heteroatoms. The van der Waals surface area contributed by atoms with Crippen molar-refractivity contribution in [3.63, 3.8) is 0 Å². The van der Waals surface area contributed by atoms with Gasteiger partial charge in [-0.15, -0.1) is 6.58 Å². The van der Waals surface area contributed by atoms with Gasteiger partial charge >= 0.3 is 0 Å². The van der Waals surface area contributed by atoms with Gasteiger partial charge in [0.1, 0.15) is 5.75 Å². The molecule has 22 heavy (non-hydrogen) atoms. The van der Waals surface area contributed by atoms with E-state index in [4.69, 9.17) is 4.74 Å². The Labute approximate surface area is 133 Å². The zero-order valence-corrected chi connectivity index (χ0v) is 13.7. The Balaban J connectivity index is 2.69. The summed E-state index contributed by atoms with van der Waals surface area (Å²) in [6, 6.07) is 7.48. The molecule has 1 aromatic carbocycles. The highest BCUT2D eigenvalue weighted by molar-refractivity contribution is 5.79. The van der Waals surface area contributed by atoms with Crippen molar-refractivity contribution in [1.82, 2.24) is 10.6 Å². The first-order chi connectivity index (χ1) is 10.6. The highest BCUT2D eigenvalue weighted by Crippen LogP contribution is 2.20. The standard InChI is InChI=1S/C17H27N3O2/c1-5-10-19-17(18-6-2)20-12-16(21)14-8-7-9-15(11-14)22-13(3)4/h5,7-9,11,13,16,21H,1,6,10,12H2,2-4H3,(H2,18,19,20). The Morgan fingerprint density at radius 2 is 2.18 bits per heavy atom. The molecule has 0 bridgehead atoms. The van der Waals surface area contributed by atoms with E-state index in [9.17, 15) is 5.11 Å². The molecule has 0 saturated heterocycles. The van der Waals surface area contributed by atoms with Crippen molar-refractivity contribution in [3.8, 4) is 5.75 Å². The first-order valence-corrected chi connectivity index (χ1v) is 7.64. The zero-order chi connectivity index (χ0) is 16.4. The second kappa shape index (κ2) is 9.84. The molecule has 0 saturated carbocycles. The lowest BCUT2D eigenvalue weighted by atomic mass is 10.1. The van der Waals surface area contributed by atoms with Gasteiger partial charge in [0.05, 0.1) is 18.8 Å². The summed E-state index contributed by atoms with van der Waals surface area (Å²) in [5, 5.41) is 16.5. The van der Waals surface area contributed by atoms with Crippen LogP contribution in [0.5, 0.6) is 5.75 Å². The number of guanidine groups is 1. The molecular formula is C17H27N3O2. The maximum Gasteiger partial charge on any atom is 0.191 e. The SMILES string of the molecule is C=CCNC(=NCC(O)c1cccc(OC(C)C)c1)NCC. The van der Waals surface area contributed by atoms with Crippen molar-refractivity contribution in [2.45, 2.75) is 33.0 Å². The van der Waals surface area contributed by atoms with Crippen LogP contribution in [0.3, 0.4) is 0 Å². The largest absolute Gasteiger partial charge is 0.491 e. The number of benzene rings is 1. The molecule has 0 aliphatic heterocycles. The minimum atomic E-state index is -0.671. The minimum Gasteiger partial charge on any atom is -0.491 e. The molecule has 0 amide bonds. The van der Waals surface area contributed by atoms with Crippen molar-refractivity contribution in [1.29, 1.82) is 0 Å². The van der Waals surface area contributed by atoms with E-state index in [-0.39, 0.29) is 12.6 Å². The minimum absolute atomic E-state index is 0.105. The molecule has 0 radical (unpaired) electrons. The van der Waals surface area contributed by atoms with Crippen LogP contribution in [0.4, 0.5) is 0 Å². The van der Waals surface area contributed by atoms with Crippen LogP contribution in [-0.2, 0) is 0 Å². The third-order valence-corrected chi connectivity index (χ3v) is 2.80. The lowest BCUT2D eigenvalue weighted by molar-refractivity contribution is 0.185. The molecular weight excluding hydrogens is 278 g/mol. The van der Waals surface area contributed by atoms with Crippen LogP contribution >= 0.6 is 0 Å². The Kier molecular flexibility index (Phi) is 8.07. The normalized spacial score (nSPS) is 12.9. The van der Waals surface area contributed by atoms with E-state index in [0.717, 1.165) is 17.9 Å². The van der Waals surface area contributed by atoms with Crippen LogP contribution in [0.15, 0.2) is 41.9 Å². The van der Waals surface area contributed by atoms with Gasteiger partial charge in [-0.3, -0.25) is 4.99 Å². The van der Waals surface area contributed by atoms with Crippen LogP contribution < -0.4 is 15.4 Å². The average molecular weight is 305 g/mol. The Hall–Kier alpha value is -2.01. The molecule has 3 N–H and O–H groups in total.